The van der Waals surface area contributed by atoms with E-state index < -0.39 is 5.41 Å². The Kier molecular flexibility index (Phi) is 5.11. The van der Waals surface area contributed by atoms with Gasteiger partial charge < -0.3 is 9.53 Å². The Morgan fingerprint density at radius 3 is 2.31 bits per heavy atom. The molecule has 144 valence electrons. The number of aldehydes is 1. The smallest absolute Gasteiger partial charge is 0.302 e. The fourth-order valence-corrected chi connectivity index (χ4v) is 6.16. The minimum atomic E-state index is -0.489. The van der Waals surface area contributed by atoms with Gasteiger partial charge in [-0.25, -0.2) is 0 Å². The number of esters is 1. The Hall–Kier alpha value is -1.52. The molecule has 0 radical (unpaired) electrons. The second kappa shape index (κ2) is 6.90. The number of hydrogen-bond acceptors (Lipinski definition) is 5. The van der Waals surface area contributed by atoms with E-state index in [-0.39, 0.29) is 47.4 Å². The molecule has 5 heteroatoms. The molecule has 0 spiro atoms. The lowest BCUT2D eigenvalue weighted by molar-refractivity contribution is -0.157. The van der Waals surface area contributed by atoms with Gasteiger partial charge in [0.25, 0.3) is 0 Å². The SMILES string of the molecule is CC(=O)O[C@H]1CC[C@](C)(C2CC[C@]3(C)C(=O)CC[C@H]3[C@@H]2CC=O)C(=O)C1. The predicted molar refractivity (Wildman–Crippen MR) is 95.3 cm³/mol. The van der Waals surface area contributed by atoms with Gasteiger partial charge in [0.2, 0.25) is 0 Å². The Morgan fingerprint density at radius 2 is 1.69 bits per heavy atom. The summed E-state index contributed by atoms with van der Waals surface area (Å²) in [5, 5.41) is 0. The number of hydrogen-bond donors (Lipinski definition) is 0. The van der Waals surface area contributed by atoms with Gasteiger partial charge >= 0.3 is 5.97 Å². The Labute approximate surface area is 155 Å². The van der Waals surface area contributed by atoms with Crippen LogP contribution in [0.5, 0.6) is 0 Å². The summed E-state index contributed by atoms with van der Waals surface area (Å²) in [4.78, 5) is 48.1. The number of Topliss-reactive ketones (excluding diaryl/α,β-unsaturated/α-hetero) is 2. The second-order valence-corrected chi connectivity index (χ2v) is 9.01. The topological polar surface area (TPSA) is 77.5 Å². The number of ether oxygens (including phenoxy) is 1. The van der Waals surface area contributed by atoms with E-state index in [4.69, 9.17) is 4.74 Å². The molecule has 26 heavy (non-hydrogen) atoms. The minimum Gasteiger partial charge on any atom is -0.462 e. The van der Waals surface area contributed by atoms with Gasteiger partial charge in [-0.2, -0.15) is 0 Å². The molecule has 0 aromatic rings. The summed E-state index contributed by atoms with van der Waals surface area (Å²) in [6.45, 7) is 5.46. The van der Waals surface area contributed by atoms with Crippen LogP contribution < -0.4 is 0 Å². The number of ketones is 2. The van der Waals surface area contributed by atoms with E-state index >= 15 is 0 Å². The van der Waals surface area contributed by atoms with E-state index in [9.17, 15) is 19.2 Å². The molecule has 3 aliphatic rings. The van der Waals surface area contributed by atoms with Crippen molar-refractivity contribution in [2.75, 3.05) is 0 Å². The minimum absolute atomic E-state index is 0.0944. The Morgan fingerprint density at radius 1 is 1.08 bits per heavy atom. The molecule has 0 aromatic carbocycles. The standard InChI is InChI=1S/C21H30O5/c1-13(23)26-14-6-9-21(3,19(25)12-14)17-7-10-20(2)16(4-5-18(20)24)15(17)8-11-22/h11,14-17H,4-10,12H2,1-3H3/t14-,15-,16-,17?,20-,21+/m0/s1. The van der Waals surface area contributed by atoms with Crippen molar-refractivity contribution in [2.45, 2.75) is 78.2 Å². The van der Waals surface area contributed by atoms with Crippen LogP contribution in [-0.2, 0) is 23.9 Å². The van der Waals surface area contributed by atoms with E-state index in [1.165, 1.54) is 6.92 Å². The fraction of sp³-hybridized carbons (Fsp3) is 0.810. The first-order valence-electron chi connectivity index (χ1n) is 9.90. The largest absolute Gasteiger partial charge is 0.462 e. The molecule has 3 rings (SSSR count). The molecule has 6 atom stereocenters. The van der Waals surface area contributed by atoms with Gasteiger partial charge in [-0.05, 0) is 49.9 Å². The average molecular weight is 362 g/mol. The molecule has 0 N–H and O–H groups in total. The van der Waals surface area contributed by atoms with Crippen molar-refractivity contribution in [3.63, 3.8) is 0 Å². The van der Waals surface area contributed by atoms with Crippen LogP contribution in [0.25, 0.3) is 0 Å². The Balaban J connectivity index is 1.83. The van der Waals surface area contributed by atoms with Gasteiger partial charge in [0.1, 0.15) is 24.0 Å². The van der Waals surface area contributed by atoms with E-state index in [0.29, 0.717) is 31.5 Å². The molecule has 0 amide bonds. The van der Waals surface area contributed by atoms with Crippen LogP contribution in [0.2, 0.25) is 0 Å². The normalized spacial score (nSPS) is 43.0. The molecule has 0 aromatic heterocycles. The van der Waals surface area contributed by atoms with E-state index in [1.807, 2.05) is 6.92 Å². The van der Waals surface area contributed by atoms with Gasteiger partial charge in [0.15, 0.2) is 0 Å². The second-order valence-electron chi connectivity index (χ2n) is 9.01. The van der Waals surface area contributed by atoms with Gasteiger partial charge in [-0.1, -0.05) is 13.8 Å². The van der Waals surface area contributed by atoms with Crippen molar-refractivity contribution in [1.82, 2.24) is 0 Å². The molecular weight excluding hydrogens is 332 g/mol. The van der Waals surface area contributed by atoms with E-state index in [0.717, 1.165) is 25.5 Å². The van der Waals surface area contributed by atoms with E-state index in [1.54, 1.807) is 0 Å². The van der Waals surface area contributed by atoms with Crippen LogP contribution in [0.1, 0.15) is 72.1 Å². The van der Waals surface area contributed by atoms with Crippen molar-refractivity contribution in [2.24, 2.45) is 28.6 Å². The summed E-state index contributed by atoms with van der Waals surface area (Å²) >= 11 is 0. The first kappa shape index (κ1) is 19.2. The van der Waals surface area contributed by atoms with Crippen molar-refractivity contribution in [1.29, 1.82) is 0 Å². The summed E-state index contributed by atoms with van der Waals surface area (Å²) in [7, 11) is 0. The quantitative estimate of drug-likeness (QED) is 0.566. The van der Waals surface area contributed by atoms with Gasteiger partial charge in [0.05, 0.1) is 0 Å². The first-order valence-corrected chi connectivity index (χ1v) is 9.90. The number of carbonyl (C=O) groups is 4. The zero-order valence-electron chi connectivity index (χ0n) is 16.1. The summed E-state index contributed by atoms with van der Waals surface area (Å²) < 4.78 is 5.26. The summed E-state index contributed by atoms with van der Waals surface area (Å²) in [5.74, 6) is 0.549. The number of rotatable bonds is 4. The highest BCUT2D eigenvalue weighted by Gasteiger charge is 2.58. The molecule has 0 aliphatic heterocycles. The lowest BCUT2D eigenvalue weighted by Gasteiger charge is -2.52. The van der Waals surface area contributed by atoms with Crippen LogP contribution >= 0.6 is 0 Å². The first-order chi connectivity index (χ1) is 12.2. The molecule has 3 saturated carbocycles. The van der Waals surface area contributed by atoms with Gasteiger partial charge in [-0.15, -0.1) is 0 Å². The van der Waals surface area contributed by atoms with Crippen molar-refractivity contribution < 1.29 is 23.9 Å². The maximum absolute atomic E-state index is 13.0. The Bertz CT molecular complexity index is 626. The van der Waals surface area contributed by atoms with Crippen molar-refractivity contribution in [3.8, 4) is 0 Å². The monoisotopic (exact) mass is 362 g/mol. The number of carbonyl (C=O) groups excluding carboxylic acids is 4. The van der Waals surface area contributed by atoms with Crippen LogP contribution in [0.3, 0.4) is 0 Å². The molecule has 5 nitrogen and oxygen atoms in total. The molecule has 0 heterocycles. The summed E-state index contributed by atoms with van der Waals surface area (Å²) in [6, 6.07) is 0. The molecule has 3 fully saturated rings. The van der Waals surface area contributed by atoms with Crippen molar-refractivity contribution in [3.05, 3.63) is 0 Å². The lowest BCUT2D eigenvalue weighted by Crippen LogP contribution is -2.51. The molecular formula is C21H30O5. The predicted octanol–water partition coefficient (Wildman–Crippen LogP) is 3.28. The molecule has 3 aliphatic carbocycles. The van der Waals surface area contributed by atoms with Crippen molar-refractivity contribution >= 4 is 23.8 Å². The van der Waals surface area contributed by atoms with E-state index in [2.05, 4.69) is 6.92 Å². The molecule has 0 bridgehead atoms. The highest BCUT2D eigenvalue weighted by atomic mass is 16.5. The lowest BCUT2D eigenvalue weighted by atomic mass is 9.51. The zero-order chi connectivity index (χ0) is 19.1. The summed E-state index contributed by atoms with van der Waals surface area (Å²) in [6.07, 6.45) is 5.77. The highest BCUT2D eigenvalue weighted by molar-refractivity contribution is 5.88. The summed E-state index contributed by atoms with van der Waals surface area (Å²) in [5.41, 5.74) is -0.810. The highest BCUT2D eigenvalue weighted by Crippen LogP contribution is 2.60. The van der Waals surface area contributed by atoms with Crippen LogP contribution in [0.15, 0.2) is 0 Å². The van der Waals surface area contributed by atoms with Crippen LogP contribution in [0, 0.1) is 28.6 Å². The third-order valence-electron chi connectivity index (χ3n) is 7.70. The zero-order valence-corrected chi connectivity index (χ0v) is 16.1. The third kappa shape index (κ3) is 3.03. The maximum Gasteiger partial charge on any atom is 0.302 e. The third-order valence-corrected chi connectivity index (χ3v) is 7.70. The fourth-order valence-electron chi connectivity index (χ4n) is 6.16. The maximum atomic E-state index is 13.0. The average Bonchev–Trinajstić information content (AvgIpc) is 2.87. The van der Waals surface area contributed by atoms with Crippen LogP contribution in [0.4, 0.5) is 0 Å². The number of fused-ring (bicyclic) bond motifs is 1. The molecule has 1 unspecified atom stereocenters. The van der Waals surface area contributed by atoms with Crippen LogP contribution in [-0.4, -0.2) is 29.9 Å². The molecule has 0 saturated heterocycles. The van der Waals surface area contributed by atoms with Gasteiger partial charge in [0, 0.05) is 37.0 Å². The van der Waals surface area contributed by atoms with Gasteiger partial charge in [-0.3, -0.25) is 14.4 Å².